The molecule has 1 atom stereocenters. The quantitative estimate of drug-likeness (QED) is 0.915. The monoisotopic (exact) mass is 299 g/mol. The van der Waals surface area contributed by atoms with Gasteiger partial charge in [-0.05, 0) is 31.7 Å². The highest BCUT2D eigenvalue weighted by atomic mass is 35.5. The number of benzene rings is 1. The maximum Gasteiger partial charge on any atom is 0.128 e. The van der Waals surface area contributed by atoms with Crippen molar-refractivity contribution in [2.24, 2.45) is 0 Å². The van der Waals surface area contributed by atoms with Gasteiger partial charge in [-0.15, -0.1) is 0 Å². The molecule has 0 fully saturated rings. The Labute approximate surface area is 121 Å². The van der Waals surface area contributed by atoms with Gasteiger partial charge in [-0.2, -0.15) is 5.10 Å². The fourth-order valence-corrected chi connectivity index (χ4v) is 2.46. The van der Waals surface area contributed by atoms with Crippen molar-refractivity contribution in [2.45, 2.75) is 26.4 Å². The van der Waals surface area contributed by atoms with Gasteiger partial charge in [-0.1, -0.05) is 18.5 Å². The second-order valence-electron chi connectivity index (χ2n) is 4.35. The highest BCUT2D eigenvalue weighted by Crippen LogP contribution is 2.30. The van der Waals surface area contributed by atoms with E-state index in [1.165, 1.54) is 12.3 Å². The van der Waals surface area contributed by atoms with E-state index in [2.05, 4.69) is 10.4 Å². The van der Waals surface area contributed by atoms with Crippen molar-refractivity contribution in [1.29, 1.82) is 0 Å². The summed E-state index contributed by atoms with van der Waals surface area (Å²) >= 11 is 6.16. The van der Waals surface area contributed by atoms with Crippen molar-refractivity contribution >= 4 is 11.6 Å². The summed E-state index contributed by atoms with van der Waals surface area (Å²) in [5.41, 5.74) is 0.865. The highest BCUT2D eigenvalue weighted by molar-refractivity contribution is 6.31. The lowest BCUT2D eigenvalue weighted by atomic mass is 10.0. The zero-order valence-electron chi connectivity index (χ0n) is 11.3. The first-order chi connectivity index (χ1) is 9.58. The van der Waals surface area contributed by atoms with Crippen LogP contribution in [-0.2, 0) is 6.54 Å². The number of nitrogens with one attached hydrogen (secondary N) is 1. The normalized spacial score (nSPS) is 12.7. The van der Waals surface area contributed by atoms with Crippen LogP contribution in [0.2, 0.25) is 5.02 Å². The van der Waals surface area contributed by atoms with Crippen LogP contribution in [0.25, 0.3) is 0 Å². The van der Waals surface area contributed by atoms with Gasteiger partial charge in [0.25, 0.3) is 0 Å². The van der Waals surface area contributed by atoms with E-state index in [9.17, 15) is 8.78 Å². The van der Waals surface area contributed by atoms with Gasteiger partial charge in [0.1, 0.15) is 11.6 Å². The number of aryl methyl sites for hydroxylation is 1. The van der Waals surface area contributed by atoms with Crippen LogP contribution >= 0.6 is 11.6 Å². The summed E-state index contributed by atoms with van der Waals surface area (Å²) in [6.45, 7) is 5.00. The zero-order chi connectivity index (χ0) is 14.7. The zero-order valence-corrected chi connectivity index (χ0v) is 12.1. The molecule has 0 aliphatic carbocycles. The van der Waals surface area contributed by atoms with Crippen LogP contribution in [0.5, 0.6) is 0 Å². The van der Waals surface area contributed by atoms with Crippen LogP contribution in [0.4, 0.5) is 8.78 Å². The maximum absolute atomic E-state index is 14.0. The van der Waals surface area contributed by atoms with Gasteiger partial charge in [-0.3, -0.25) is 4.68 Å². The smallest absolute Gasteiger partial charge is 0.128 e. The lowest BCUT2D eigenvalue weighted by molar-refractivity contribution is 0.509. The molecular weight excluding hydrogens is 284 g/mol. The van der Waals surface area contributed by atoms with Crippen LogP contribution in [0.3, 0.4) is 0 Å². The van der Waals surface area contributed by atoms with Crippen molar-refractivity contribution in [2.75, 3.05) is 6.54 Å². The molecule has 0 saturated heterocycles. The lowest BCUT2D eigenvalue weighted by Gasteiger charge is -2.20. The molecule has 2 rings (SSSR count). The summed E-state index contributed by atoms with van der Waals surface area (Å²) in [7, 11) is 0. The van der Waals surface area contributed by atoms with E-state index in [0.717, 1.165) is 12.1 Å². The van der Waals surface area contributed by atoms with Gasteiger partial charge in [0.15, 0.2) is 0 Å². The number of hydrogen-bond acceptors (Lipinski definition) is 2. The molecule has 1 heterocycles. The van der Waals surface area contributed by atoms with Gasteiger partial charge in [0.05, 0.1) is 23.0 Å². The first-order valence-electron chi connectivity index (χ1n) is 6.48. The predicted octanol–water partition coefficient (Wildman–Crippen LogP) is 3.53. The Hall–Kier alpha value is -1.46. The van der Waals surface area contributed by atoms with Crippen molar-refractivity contribution in [3.8, 4) is 0 Å². The van der Waals surface area contributed by atoms with E-state index in [4.69, 9.17) is 11.6 Å². The molecule has 1 unspecified atom stereocenters. The van der Waals surface area contributed by atoms with Gasteiger partial charge in [0, 0.05) is 12.1 Å². The Kier molecular flexibility index (Phi) is 4.73. The summed E-state index contributed by atoms with van der Waals surface area (Å²) in [6.07, 6.45) is 1.52. The van der Waals surface area contributed by atoms with E-state index < -0.39 is 17.7 Å². The molecule has 6 heteroatoms. The van der Waals surface area contributed by atoms with E-state index in [0.29, 0.717) is 23.8 Å². The minimum Gasteiger partial charge on any atom is -0.305 e. The fraction of sp³-hybridized carbons (Fsp3) is 0.357. The Morgan fingerprint density at radius 3 is 2.75 bits per heavy atom. The number of hydrogen-bond donors (Lipinski definition) is 1. The molecule has 3 nitrogen and oxygen atoms in total. The van der Waals surface area contributed by atoms with Gasteiger partial charge < -0.3 is 5.32 Å². The molecule has 0 spiro atoms. The van der Waals surface area contributed by atoms with Crippen molar-refractivity contribution in [3.05, 3.63) is 52.3 Å². The maximum atomic E-state index is 14.0. The number of halogens is 3. The molecule has 0 amide bonds. The molecule has 1 aromatic heterocycles. The first-order valence-corrected chi connectivity index (χ1v) is 6.85. The summed E-state index contributed by atoms with van der Waals surface area (Å²) in [6, 6.07) is 2.87. The first kappa shape index (κ1) is 14.9. The average Bonchev–Trinajstić information content (AvgIpc) is 2.80. The summed E-state index contributed by atoms with van der Waals surface area (Å²) in [5, 5.41) is 7.71. The topological polar surface area (TPSA) is 29.9 Å². The third kappa shape index (κ3) is 2.83. The van der Waals surface area contributed by atoms with Crippen LogP contribution in [0, 0.1) is 11.6 Å². The lowest BCUT2D eigenvalue weighted by Crippen LogP contribution is -2.26. The largest absolute Gasteiger partial charge is 0.305 e. The number of nitrogens with zero attached hydrogens (tertiary/aromatic N) is 2. The molecule has 0 aliphatic heterocycles. The minimum absolute atomic E-state index is 0.226. The third-order valence-corrected chi connectivity index (χ3v) is 3.37. The van der Waals surface area contributed by atoms with Crippen molar-refractivity contribution in [3.63, 3.8) is 0 Å². The summed E-state index contributed by atoms with van der Waals surface area (Å²) in [4.78, 5) is 0. The molecule has 0 aliphatic rings. The minimum atomic E-state index is -0.536. The molecule has 0 saturated carbocycles. The molecule has 108 valence electrons. The van der Waals surface area contributed by atoms with E-state index in [1.807, 2.05) is 13.8 Å². The number of rotatable bonds is 5. The Balaban J connectivity index is 2.56. The molecule has 1 aromatic carbocycles. The number of aromatic nitrogens is 2. The van der Waals surface area contributed by atoms with Gasteiger partial charge >= 0.3 is 0 Å². The SMILES string of the molecule is CCNC(c1cc(F)ccc1F)c1c(Cl)cnn1CC. The van der Waals surface area contributed by atoms with Crippen LogP contribution in [-0.4, -0.2) is 16.3 Å². The van der Waals surface area contributed by atoms with Crippen LogP contribution in [0.15, 0.2) is 24.4 Å². The Morgan fingerprint density at radius 1 is 1.35 bits per heavy atom. The second-order valence-corrected chi connectivity index (χ2v) is 4.76. The molecule has 2 aromatic rings. The van der Waals surface area contributed by atoms with Gasteiger partial charge in [-0.25, -0.2) is 8.78 Å². The molecule has 0 radical (unpaired) electrons. The molecular formula is C14H16ClF2N3. The van der Waals surface area contributed by atoms with E-state index >= 15 is 0 Å². The van der Waals surface area contributed by atoms with Crippen LogP contribution in [0.1, 0.15) is 31.1 Å². The average molecular weight is 300 g/mol. The van der Waals surface area contributed by atoms with Crippen molar-refractivity contribution in [1.82, 2.24) is 15.1 Å². The molecule has 0 bridgehead atoms. The summed E-state index contributed by atoms with van der Waals surface area (Å²) < 4.78 is 29.1. The molecule has 20 heavy (non-hydrogen) atoms. The fourth-order valence-electron chi connectivity index (χ4n) is 2.20. The van der Waals surface area contributed by atoms with Crippen LogP contribution < -0.4 is 5.32 Å². The highest BCUT2D eigenvalue weighted by Gasteiger charge is 2.24. The Morgan fingerprint density at radius 2 is 2.10 bits per heavy atom. The van der Waals surface area contributed by atoms with E-state index in [1.54, 1.807) is 4.68 Å². The summed E-state index contributed by atoms with van der Waals surface area (Å²) in [5.74, 6) is -0.958. The predicted molar refractivity (Wildman–Crippen MR) is 74.8 cm³/mol. The third-order valence-electron chi connectivity index (χ3n) is 3.08. The van der Waals surface area contributed by atoms with Crippen molar-refractivity contribution < 1.29 is 8.78 Å². The standard InChI is InChI=1S/C14H16ClF2N3/c1-3-18-13(10-7-9(16)5-6-12(10)17)14-11(15)8-19-20(14)4-2/h5-8,13,18H,3-4H2,1-2H3. The molecule has 1 N–H and O–H groups in total. The van der Waals surface area contributed by atoms with E-state index in [-0.39, 0.29) is 5.56 Å². The Bertz CT molecular complexity index is 598. The van der Waals surface area contributed by atoms with Gasteiger partial charge in [0.2, 0.25) is 0 Å². The second kappa shape index (κ2) is 6.33.